The molecule has 0 aliphatic heterocycles. The van der Waals surface area contributed by atoms with Crippen LogP contribution in [0.5, 0.6) is 5.75 Å². The number of Topliss-reactive ketones (excluding diaryl/α,β-unsaturated/α-hetero) is 1. The number of allylic oxidation sites excluding steroid dienone is 2. The maximum atomic E-state index is 13.0. The first-order valence-corrected chi connectivity index (χ1v) is 8.42. The van der Waals surface area contributed by atoms with Crippen LogP contribution in [0, 0.1) is 5.82 Å². The van der Waals surface area contributed by atoms with Crippen molar-refractivity contribution in [3.8, 4) is 5.75 Å². The fourth-order valence-electron chi connectivity index (χ4n) is 2.70. The van der Waals surface area contributed by atoms with Gasteiger partial charge in [-0.3, -0.25) is 9.59 Å². The van der Waals surface area contributed by atoms with Crippen molar-refractivity contribution in [1.29, 1.82) is 0 Å². The summed E-state index contributed by atoms with van der Waals surface area (Å²) in [6.45, 7) is 0.444. The van der Waals surface area contributed by atoms with E-state index >= 15 is 0 Å². The maximum Gasteiger partial charge on any atom is 0.257 e. The highest BCUT2D eigenvalue weighted by Gasteiger charge is 2.28. The number of carbonyl (C=O) groups is 2. The second-order valence-corrected chi connectivity index (χ2v) is 6.46. The van der Waals surface area contributed by atoms with Gasteiger partial charge in [0.25, 0.3) is 5.91 Å². The van der Waals surface area contributed by atoms with Crippen LogP contribution in [0.4, 0.5) is 10.1 Å². The van der Waals surface area contributed by atoms with E-state index < -0.39 is 0 Å². The van der Waals surface area contributed by atoms with E-state index in [0.717, 1.165) is 5.56 Å². The number of phenols is 1. The molecule has 2 aromatic rings. The normalized spacial score (nSPS) is 13.2. The van der Waals surface area contributed by atoms with E-state index in [9.17, 15) is 19.1 Å². The lowest BCUT2D eigenvalue weighted by Gasteiger charge is -2.25. The Bertz CT molecular complexity index is 921. The molecule has 3 N–H and O–H groups in total. The highest BCUT2D eigenvalue weighted by molar-refractivity contribution is 6.07. The molecule has 0 bridgehead atoms. The molecule has 0 fully saturated rings. The molecule has 0 radical (unpaired) electrons. The summed E-state index contributed by atoms with van der Waals surface area (Å²) < 4.78 is 13.0. The highest BCUT2D eigenvalue weighted by atomic mass is 19.1. The van der Waals surface area contributed by atoms with Gasteiger partial charge in [0, 0.05) is 26.3 Å². The zero-order chi connectivity index (χ0) is 19.6. The van der Waals surface area contributed by atoms with Gasteiger partial charge in [-0.15, -0.1) is 0 Å². The van der Waals surface area contributed by atoms with Gasteiger partial charge in [-0.2, -0.15) is 0 Å². The average Bonchev–Trinajstić information content (AvgIpc) is 2.64. The van der Waals surface area contributed by atoms with Gasteiger partial charge in [-0.25, -0.2) is 4.39 Å². The van der Waals surface area contributed by atoms with Crippen molar-refractivity contribution in [3.05, 3.63) is 70.8 Å². The summed E-state index contributed by atoms with van der Waals surface area (Å²) in [7, 11) is 3.19. The van der Waals surface area contributed by atoms with E-state index in [1.54, 1.807) is 38.4 Å². The third kappa shape index (κ3) is 3.92. The highest BCUT2D eigenvalue weighted by Crippen LogP contribution is 2.32. The van der Waals surface area contributed by atoms with Crippen molar-refractivity contribution >= 4 is 17.4 Å². The topological polar surface area (TPSA) is 81.7 Å². The van der Waals surface area contributed by atoms with Gasteiger partial charge in [0.05, 0.1) is 17.7 Å². The fourth-order valence-corrected chi connectivity index (χ4v) is 2.70. The molecule has 27 heavy (non-hydrogen) atoms. The number of hydrogen-bond acceptors (Lipinski definition) is 5. The Labute approximate surface area is 156 Å². The van der Waals surface area contributed by atoms with Crippen molar-refractivity contribution < 1.29 is 19.1 Å². The van der Waals surface area contributed by atoms with Gasteiger partial charge in [0.15, 0.2) is 11.5 Å². The summed E-state index contributed by atoms with van der Waals surface area (Å²) in [5.41, 5.74) is 2.36. The van der Waals surface area contributed by atoms with Crippen molar-refractivity contribution in [1.82, 2.24) is 10.2 Å². The monoisotopic (exact) mass is 369 g/mol. The zero-order valence-corrected chi connectivity index (χ0v) is 15.0. The summed E-state index contributed by atoms with van der Waals surface area (Å²) in [6, 6.07) is 10.8. The predicted octanol–water partition coefficient (Wildman–Crippen LogP) is 2.62. The van der Waals surface area contributed by atoms with Crippen LogP contribution in [-0.2, 0) is 11.3 Å². The van der Waals surface area contributed by atoms with Crippen LogP contribution in [-0.4, -0.2) is 35.8 Å². The van der Waals surface area contributed by atoms with E-state index in [-0.39, 0.29) is 40.9 Å². The van der Waals surface area contributed by atoms with E-state index in [1.807, 2.05) is 0 Å². The van der Waals surface area contributed by atoms with Crippen LogP contribution in [0.25, 0.3) is 0 Å². The van der Waals surface area contributed by atoms with Crippen molar-refractivity contribution in [3.63, 3.8) is 0 Å². The first-order valence-electron chi connectivity index (χ1n) is 8.42. The Morgan fingerprint density at radius 3 is 2.52 bits per heavy atom. The van der Waals surface area contributed by atoms with E-state index in [4.69, 9.17) is 0 Å². The number of ketones is 1. The fraction of sp³-hybridized carbons (Fsp3) is 0.200. The van der Waals surface area contributed by atoms with Gasteiger partial charge in [0.2, 0.25) is 0 Å². The van der Waals surface area contributed by atoms with Crippen LogP contribution >= 0.6 is 0 Å². The molecule has 1 aliphatic carbocycles. The number of amides is 1. The second-order valence-electron chi connectivity index (χ2n) is 6.46. The number of para-hydroxylation sites is 1. The minimum Gasteiger partial charge on any atom is -0.505 e. The Kier molecular flexibility index (Phi) is 5.12. The molecule has 0 aromatic heterocycles. The minimum atomic E-state index is -0.334. The Morgan fingerprint density at radius 1 is 1.19 bits per heavy atom. The van der Waals surface area contributed by atoms with Crippen LogP contribution < -0.4 is 10.6 Å². The Morgan fingerprint density at radius 2 is 1.89 bits per heavy atom. The second kappa shape index (κ2) is 7.49. The maximum absolute atomic E-state index is 13.0. The van der Waals surface area contributed by atoms with E-state index in [2.05, 4.69) is 10.6 Å². The molecule has 1 aliphatic rings. The number of benzene rings is 2. The van der Waals surface area contributed by atoms with E-state index in [0.29, 0.717) is 17.9 Å². The molecule has 0 unspecified atom stereocenters. The third-order valence-corrected chi connectivity index (χ3v) is 4.27. The SMILES string of the molecule is CN(C)C(=O)c1cccc(NC2=C(NCc3ccc(F)cc3)CC2=O)c1O. The lowest BCUT2D eigenvalue weighted by atomic mass is 9.98. The lowest BCUT2D eigenvalue weighted by Crippen LogP contribution is -2.32. The standard InChI is InChI=1S/C20H20FN3O3/c1-24(2)20(27)14-4-3-5-15(19(14)26)23-18-16(10-17(18)25)22-11-12-6-8-13(21)9-7-12/h3-9,22-23,26H,10-11H2,1-2H3. The molecule has 0 heterocycles. The molecular formula is C20H20FN3O3. The number of nitrogens with zero attached hydrogens (tertiary/aromatic N) is 1. The number of hydrogen-bond donors (Lipinski definition) is 3. The van der Waals surface area contributed by atoms with Gasteiger partial charge in [-0.1, -0.05) is 18.2 Å². The summed E-state index contributed by atoms with van der Waals surface area (Å²) in [5, 5.41) is 16.4. The number of halogens is 1. The minimum absolute atomic E-state index is 0.0969. The summed E-state index contributed by atoms with van der Waals surface area (Å²) in [5.74, 6) is -0.942. The molecule has 6 nitrogen and oxygen atoms in total. The first kappa shape index (κ1) is 18.4. The molecule has 0 saturated carbocycles. The summed E-state index contributed by atoms with van der Waals surface area (Å²) >= 11 is 0. The molecule has 7 heteroatoms. The van der Waals surface area contributed by atoms with Gasteiger partial charge in [-0.05, 0) is 29.8 Å². The number of rotatable bonds is 6. The van der Waals surface area contributed by atoms with Gasteiger partial charge < -0.3 is 20.6 Å². The molecule has 3 rings (SSSR count). The first-order chi connectivity index (χ1) is 12.9. The van der Waals surface area contributed by atoms with Gasteiger partial charge in [0.1, 0.15) is 11.5 Å². The van der Waals surface area contributed by atoms with Crippen molar-refractivity contribution in [2.75, 3.05) is 19.4 Å². The van der Waals surface area contributed by atoms with Crippen LogP contribution in [0.2, 0.25) is 0 Å². The number of anilines is 1. The van der Waals surface area contributed by atoms with Crippen molar-refractivity contribution in [2.45, 2.75) is 13.0 Å². The molecule has 0 atom stereocenters. The zero-order valence-electron chi connectivity index (χ0n) is 15.0. The number of phenolic OH excluding ortho intramolecular Hbond substituents is 1. The summed E-state index contributed by atoms with van der Waals surface area (Å²) in [6.07, 6.45) is 0.251. The quantitative estimate of drug-likeness (QED) is 0.682. The number of carbonyl (C=O) groups excluding carboxylic acids is 2. The smallest absolute Gasteiger partial charge is 0.257 e. The lowest BCUT2D eigenvalue weighted by molar-refractivity contribution is -0.116. The molecule has 140 valence electrons. The van der Waals surface area contributed by atoms with E-state index in [1.165, 1.54) is 23.1 Å². The number of aromatic hydroxyl groups is 1. The Balaban J connectivity index is 1.76. The predicted molar refractivity (Wildman–Crippen MR) is 99.6 cm³/mol. The van der Waals surface area contributed by atoms with Crippen LogP contribution in [0.3, 0.4) is 0 Å². The van der Waals surface area contributed by atoms with Crippen LogP contribution in [0.15, 0.2) is 53.9 Å². The molecular weight excluding hydrogens is 349 g/mol. The molecule has 0 spiro atoms. The summed E-state index contributed by atoms with van der Waals surface area (Å²) in [4.78, 5) is 25.5. The molecule has 1 amide bonds. The van der Waals surface area contributed by atoms with Crippen LogP contribution in [0.1, 0.15) is 22.3 Å². The number of nitrogens with one attached hydrogen (secondary N) is 2. The van der Waals surface area contributed by atoms with Crippen molar-refractivity contribution in [2.24, 2.45) is 0 Å². The average molecular weight is 369 g/mol. The third-order valence-electron chi connectivity index (χ3n) is 4.27. The van der Waals surface area contributed by atoms with Gasteiger partial charge >= 0.3 is 0 Å². The molecule has 0 saturated heterocycles. The molecule has 2 aromatic carbocycles. The Hall–Kier alpha value is -3.35. The largest absolute Gasteiger partial charge is 0.505 e.